The Bertz CT molecular complexity index is 525. The molecular weight excluding hydrogens is 330 g/mol. The van der Waals surface area contributed by atoms with Crippen molar-refractivity contribution >= 4 is 21.8 Å². The predicted molar refractivity (Wildman–Crippen MR) is 86.8 cm³/mol. The average Bonchev–Trinajstić information content (AvgIpc) is 3.20. The number of hydrogen-bond donors (Lipinski definition) is 2. The number of benzene rings is 1. The number of likely N-dealkylation sites (tertiary alicyclic amines) is 1. The van der Waals surface area contributed by atoms with Crippen LogP contribution in [0.1, 0.15) is 31.7 Å². The number of nitrogens with zero attached hydrogens (tertiary/aromatic N) is 1. The zero-order valence-electron chi connectivity index (χ0n) is 12.3. The van der Waals surface area contributed by atoms with Crippen LogP contribution in [0.3, 0.4) is 0 Å². The lowest BCUT2D eigenvalue weighted by molar-refractivity contribution is -0.126. The molecule has 21 heavy (non-hydrogen) atoms. The fourth-order valence-electron chi connectivity index (χ4n) is 2.94. The van der Waals surface area contributed by atoms with Crippen LogP contribution in [0.25, 0.3) is 0 Å². The Morgan fingerprint density at radius 3 is 2.62 bits per heavy atom. The third kappa shape index (κ3) is 3.30. The summed E-state index contributed by atoms with van der Waals surface area (Å²) in [6, 6.07) is 8.62. The highest BCUT2D eigenvalue weighted by Gasteiger charge is 2.37. The predicted octanol–water partition coefficient (Wildman–Crippen LogP) is 1.98. The van der Waals surface area contributed by atoms with E-state index in [1.807, 2.05) is 24.3 Å². The van der Waals surface area contributed by atoms with Gasteiger partial charge in [0.25, 0.3) is 0 Å². The van der Waals surface area contributed by atoms with E-state index in [9.17, 15) is 4.79 Å². The molecule has 2 unspecified atom stereocenters. The lowest BCUT2D eigenvalue weighted by atomic mass is 9.92. The molecule has 0 radical (unpaired) electrons. The highest BCUT2D eigenvalue weighted by atomic mass is 79.9. The Labute approximate surface area is 134 Å². The van der Waals surface area contributed by atoms with Crippen molar-refractivity contribution in [3.63, 3.8) is 0 Å². The van der Waals surface area contributed by atoms with Gasteiger partial charge >= 0.3 is 0 Å². The average molecular weight is 352 g/mol. The lowest BCUT2D eigenvalue weighted by Crippen LogP contribution is -2.52. The van der Waals surface area contributed by atoms with Gasteiger partial charge in [-0.25, -0.2) is 0 Å². The molecule has 1 saturated heterocycles. The van der Waals surface area contributed by atoms with E-state index in [4.69, 9.17) is 5.73 Å². The van der Waals surface area contributed by atoms with Crippen molar-refractivity contribution in [2.24, 2.45) is 5.73 Å². The second-order valence-corrected chi connectivity index (χ2v) is 7.31. The number of carbonyl (C=O) groups excluding carboxylic acids is 1. The van der Waals surface area contributed by atoms with E-state index in [1.54, 1.807) is 6.92 Å². The van der Waals surface area contributed by atoms with Crippen LogP contribution in [0.4, 0.5) is 0 Å². The summed E-state index contributed by atoms with van der Waals surface area (Å²) >= 11 is 3.40. The summed E-state index contributed by atoms with van der Waals surface area (Å²) < 4.78 is 0.985. The number of amides is 1. The van der Waals surface area contributed by atoms with Gasteiger partial charge in [0.2, 0.25) is 5.91 Å². The molecule has 1 amide bonds. The van der Waals surface area contributed by atoms with E-state index >= 15 is 0 Å². The SMILES string of the molecule is CC(N)(C(=O)NC1CCN(C2CC2)C1)c1ccc(Br)cc1. The van der Waals surface area contributed by atoms with Gasteiger partial charge in [0.1, 0.15) is 5.54 Å². The first-order chi connectivity index (χ1) is 9.96. The molecular formula is C16H22BrN3O. The second-order valence-electron chi connectivity index (χ2n) is 6.39. The molecule has 0 aromatic heterocycles. The van der Waals surface area contributed by atoms with Gasteiger partial charge in [0.05, 0.1) is 0 Å². The van der Waals surface area contributed by atoms with Gasteiger partial charge < -0.3 is 11.1 Å². The van der Waals surface area contributed by atoms with Gasteiger partial charge in [-0.05, 0) is 43.9 Å². The minimum Gasteiger partial charge on any atom is -0.350 e. The monoisotopic (exact) mass is 351 g/mol. The maximum absolute atomic E-state index is 12.5. The molecule has 1 aliphatic heterocycles. The first-order valence-corrected chi connectivity index (χ1v) is 8.36. The molecule has 3 rings (SSSR count). The van der Waals surface area contributed by atoms with Gasteiger partial charge in [-0.3, -0.25) is 9.69 Å². The summed E-state index contributed by atoms with van der Waals surface area (Å²) in [5.41, 5.74) is 6.12. The van der Waals surface area contributed by atoms with Gasteiger partial charge in [0.15, 0.2) is 0 Å². The lowest BCUT2D eigenvalue weighted by Gasteiger charge is -2.26. The largest absolute Gasteiger partial charge is 0.350 e. The Morgan fingerprint density at radius 1 is 1.33 bits per heavy atom. The van der Waals surface area contributed by atoms with Crippen molar-refractivity contribution in [2.75, 3.05) is 13.1 Å². The van der Waals surface area contributed by atoms with Gasteiger partial charge in [-0.1, -0.05) is 28.1 Å². The normalized spacial score (nSPS) is 25.6. The summed E-state index contributed by atoms with van der Waals surface area (Å²) in [4.78, 5) is 15.0. The molecule has 1 aromatic rings. The molecule has 2 fully saturated rings. The third-order valence-corrected chi connectivity index (χ3v) is 5.06. The Morgan fingerprint density at radius 2 is 2.00 bits per heavy atom. The minimum atomic E-state index is -0.992. The highest BCUT2D eigenvalue weighted by molar-refractivity contribution is 9.10. The van der Waals surface area contributed by atoms with E-state index in [2.05, 4.69) is 26.1 Å². The van der Waals surface area contributed by atoms with Crippen LogP contribution < -0.4 is 11.1 Å². The molecule has 0 spiro atoms. The standard InChI is InChI=1S/C16H22BrN3O/c1-16(18,11-2-4-12(17)5-3-11)15(21)19-13-8-9-20(10-13)14-6-7-14/h2-5,13-14H,6-10,18H2,1H3,(H,19,21). The summed E-state index contributed by atoms with van der Waals surface area (Å²) in [6.45, 7) is 3.83. The Kier molecular flexibility index (Phi) is 4.08. The number of carbonyl (C=O) groups is 1. The smallest absolute Gasteiger partial charge is 0.244 e. The zero-order valence-corrected chi connectivity index (χ0v) is 13.9. The molecule has 1 heterocycles. The molecule has 1 aliphatic carbocycles. The maximum Gasteiger partial charge on any atom is 0.244 e. The van der Waals surface area contributed by atoms with Crippen LogP contribution in [0.15, 0.2) is 28.7 Å². The van der Waals surface area contributed by atoms with Crippen LogP contribution in [0.5, 0.6) is 0 Å². The van der Waals surface area contributed by atoms with Crippen molar-refractivity contribution in [3.8, 4) is 0 Å². The van der Waals surface area contributed by atoms with Crippen LogP contribution in [-0.2, 0) is 10.3 Å². The summed E-state index contributed by atoms with van der Waals surface area (Å²) in [5, 5.41) is 3.13. The summed E-state index contributed by atoms with van der Waals surface area (Å²) in [6.07, 6.45) is 3.65. The number of hydrogen-bond acceptors (Lipinski definition) is 3. The Hall–Kier alpha value is -0.910. The molecule has 2 atom stereocenters. The van der Waals surface area contributed by atoms with Gasteiger partial charge in [-0.15, -0.1) is 0 Å². The molecule has 5 heteroatoms. The molecule has 3 N–H and O–H groups in total. The van der Waals surface area contributed by atoms with Crippen molar-refractivity contribution < 1.29 is 4.79 Å². The first-order valence-electron chi connectivity index (χ1n) is 7.57. The maximum atomic E-state index is 12.5. The molecule has 4 nitrogen and oxygen atoms in total. The van der Waals surface area contributed by atoms with Crippen LogP contribution in [0.2, 0.25) is 0 Å². The number of nitrogens with one attached hydrogen (secondary N) is 1. The first kappa shape index (κ1) is 15.0. The minimum absolute atomic E-state index is 0.0903. The van der Waals surface area contributed by atoms with E-state index in [0.29, 0.717) is 0 Å². The van der Waals surface area contributed by atoms with Crippen LogP contribution in [-0.4, -0.2) is 36.0 Å². The fourth-order valence-corrected chi connectivity index (χ4v) is 3.20. The van der Waals surface area contributed by atoms with Gasteiger partial charge in [-0.2, -0.15) is 0 Å². The molecule has 114 valence electrons. The highest BCUT2D eigenvalue weighted by Crippen LogP contribution is 2.30. The topological polar surface area (TPSA) is 58.4 Å². The van der Waals surface area contributed by atoms with Crippen LogP contribution in [0, 0.1) is 0 Å². The number of rotatable bonds is 4. The molecule has 1 aromatic carbocycles. The Balaban J connectivity index is 1.62. The summed E-state index contributed by atoms with van der Waals surface area (Å²) in [5.74, 6) is -0.0903. The zero-order chi connectivity index (χ0) is 15.0. The fraction of sp³-hybridized carbons (Fsp3) is 0.562. The van der Waals surface area contributed by atoms with Crippen molar-refractivity contribution in [1.29, 1.82) is 0 Å². The van der Waals surface area contributed by atoms with E-state index in [0.717, 1.165) is 35.6 Å². The van der Waals surface area contributed by atoms with Crippen molar-refractivity contribution in [3.05, 3.63) is 34.3 Å². The summed E-state index contributed by atoms with van der Waals surface area (Å²) in [7, 11) is 0. The number of nitrogens with two attached hydrogens (primary N) is 1. The molecule has 0 bridgehead atoms. The number of halogens is 1. The quantitative estimate of drug-likeness (QED) is 0.871. The molecule has 1 saturated carbocycles. The molecule has 2 aliphatic rings. The van der Waals surface area contributed by atoms with Crippen LogP contribution >= 0.6 is 15.9 Å². The third-order valence-electron chi connectivity index (χ3n) is 4.53. The second kappa shape index (κ2) is 5.71. The van der Waals surface area contributed by atoms with Crippen molar-refractivity contribution in [1.82, 2.24) is 10.2 Å². The van der Waals surface area contributed by atoms with E-state index < -0.39 is 5.54 Å². The van der Waals surface area contributed by atoms with E-state index in [1.165, 1.54) is 12.8 Å². The van der Waals surface area contributed by atoms with Crippen molar-refractivity contribution in [2.45, 2.75) is 43.8 Å². The van der Waals surface area contributed by atoms with E-state index in [-0.39, 0.29) is 11.9 Å². The van der Waals surface area contributed by atoms with Gasteiger partial charge in [0, 0.05) is 29.6 Å².